The van der Waals surface area contributed by atoms with E-state index in [4.69, 9.17) is 0 Å². The van der Waals surface area contributed by atoms with E-state index in [0.29, 0.717) is 30.1 Å². The molecule has 3 rings (SSSR count). The summed E-state index contributed by atoms with van der Waals surface area (Å²) < 4.78 is 0. The van der Waals surface area contributed by atoms with Crippen molar-refractivity contribution < 1.29 is 14.4 Å². The number of fused-ring (bicyclic) bond motifs is 1. The zero-order chi connectivity index (χ0) is 18.7. The second-order valence-corrected chi connectivity index (χ2v) is 7.89. The van der Waals surface area contributed by atoms with Gasteiger partial charge in [-0.25, -0.2) is 0 Å². The van der Waals surface area contributed by atoms with Crippen LogP contribution < -0.4 is 5.32 Å². The summed E-state index contributed by atoms with van der Waals surface area (Å²) in [6, 6.07) is 6.96. The molecule has 3 amide bonds. The Morgan fingerprint density at radius 1 is 1.12 bits per heavy atom. The van der Waals surface area contributed by atoms with Crippen LogP contribution in [0.5, 0.6) is 0 Å². The lowest BCUT2D eigenvalue weighted by Gasteiger charge is -2.32. The lowest BCUT2D eigenvalue weighted by Crippen LogP contribution is -2.43. The first-order valence-corrected chi connectivity index (χ1v) is 9.72. The minimum Gasteiger partial charge on any atom is -0.356 e. The Morgan fingerprint density at radius 3 is 2.35 bits per heavy atom. The summed E-state index contributed by atoms with van der Waals surface area (Å²) in [4.78, 5) is 39.2. The molecule has 0 aromatic heterocycles. The summed E-state index contributed by atoms with van der Waals surface area (Å²) >= 11 is 0. The van der Waals surface area contributed by atoms with Crippen LogP contribution in [-0.4, -0.2) is 35.7 Å². The van der Waals surface area contributed by atoms with Crippen molar-refractivity contribution in [2.75, 3.05) is 13.1 Å². The summed E-state index contributed by atoms with van der Waals surface area (Å²) in [5.41, 5.74) is 0.956. The van der Waals surface area contributed by atoms with Gasteiger partial charge in [-0.1, -0.05) is 38.8 Å². The van der Waals surface area contributed by atoms with E-state index >= 15 is 0 Å². The maximum absolute atomic E-state index is 12.6. The molecule has 26 heavy (non-hydrogen) atoms. The van der Waals surface area contributed by atoms with Gasteiger partial charge in [-0.2, -0.15) is 0 Å². The van der Waals surface area contributed by atoms with Gasteiger partial charge in [0.15, 0.2) is 0 Å². The van der Waals surface area contributed by atoms with E-state index in [0.717, 1.165) is 32.1 Å². The predicted octanol–water partition coefficient (Wildman–Crippen LogP) is 3.25. The van der Waals surface area contributed by atoms with Crippen molar-refractivity contribution in [3.8, 4) is 0 Å². The molecule has 5 nitrogen and oxygen atoms in total. The van der Waals surface area contributed by atoms with Gasteiger partial charge in [0, 0.05) is 19.0 Å². The Hall–Kier alpha value is -2.17. The molecule has 140 valence electrons. The number of rotatable bonds is 6. The minimum atomic E-state index is -0.227. The molecular formula is C21H28N2O3. The number of imide groups is 1. The van der Waals surface area contributed by atoms with Gasteiger partial charge in [0.25, 0.3) is 11.8 Å². The van der Waals surface area contributed by atoms with Crippen LogP contribution in [0.4, 0.5) is 0 Å². The molecule has 0 saturated heterocycles. The highest BCUT2D eigenvalue weighted by Crippen LogP contribution is 2.33. The van der Waals surface area contributed by atoms with Gasteiger partial charge in [0.05, 0.1) is 11.1 Å². The first-order valence-electron chi connectivity index (χ1n) is 9.72. The summed E-state index contributed by atoms with van der Waals surface area (Å²) in [6.45, 7) is 5.30. The Labute approximate surface area is 155 Å². The van der Waals surface area contributed by atoms with Crippen molar-refractivity contribution >= 4 is 17.7 Å². The molecule has 1 fully saturated rings. The smallest absolute Gasteiger partial charge is 0.261 e. The van der Waals surface area contributed by atoms with Gasteiger partial charge in [0.2, 0.25) is 5.91 Å². The maximum atomic E-state index is 12.6. The molecule has 5 heteroatoms. The molecule has 2 unspecified atom stereocenters. The quantitative estimate of drug-likeness (QED) is 0.796. The van der Waals surface area contributed by atoms with Gasteiger partial charge in [-0.15, -0.1) is 0 Å². The Balaban J connectivity index is 1.67. The summed E-state index contributed by atoms with van der Waals surface area (Å²) in [5.74, 6) is 0.110. The molecular weight excluding hydrogens is 328 g/mol. The van der Waals surface area contributed by atoms with E-state index in [1.165, 1.54) is 4.90 Å². The van der Waals surface area contributed by atoms with Crippen LogP contribution in [0.2, 0.25) is 0 Å². The van der Waals surface area contributed by atoms with Crippen LogP contribution in [0.15, 0.2) is 24.3 Å². The average Bonchev–Trinajstić information content (AvgIpc) is 2.87. The number of nitrogens with one attached hydrogen (secondary N) is 1. The Kier molecular flexibility index (Phi) is 5.74. The maximum Gasteiger partial charge on any atom is 0.261 e. The average molecular weight is 356 g/mol. The predicted molar refractivity (Wildman–Crippen MR) is 99.7 cm³/mol. The molecule has 0 radical (unpaired) electrons. The molecule has 1 saturated carbocycles. The first-order chi connectivity index (χ1) is 12.5. The summed E-state index contributed by atoms with van der Waals surface area (Å²) in [5, 5.41) is 3.05. The van der Waals surface area contributed by atoms with E-state index < -0.39 is 0 Å². The molecule has 1 aromatic rings. The third kappa shape index (κ3) is 3.81. The van der Waals surface area contributed by atoms with Crippen LogP contribution in [-0.2, 0) is 4.79 Å². The zero-order valence-electron chi connectivity index (χ0n) is 15.7. The highest BCUT2D eigenvalue weighted by molar-refractivity contribution is 6.21. The third-order valence-corrected chi connectivity index (χ3v) is 5.56. The fourth-order valence-electron chi connectivity index (χ4n) is 4.03. The highest BCUT2D eigenvalue weighted by Gasteiger charge is 2.39. The van der Waals surface area contributed by atoms with Crippen LogP contribution in [0, 0.1) is 17.8 Å². The molecule has 2 atom stereocenters. The van der Waals surface area contributed by atoms with E-state index in [9.17, 15) is 14.4 Å². The van der Waals surface area contributed by atoms with E-state index in [1.807, 2.05) is 0 Å². The largest absolute Gasteiger partial charge is 0.356 e. The van der Waals surface area contributed by atoms with Crippen LogP contribution in [0.1, 0.15) is 66.7 Å². The van der Waals surface area contributed by atoms with Gasteiger partial charge in [0.1, 0.15) is 0 Å². The van der Waals surface area contributed by atoms with Crippen molar-refractivity contribution in [2.45, 2.75) is 46.0 Å². The lowest BCUT2D eigenvalue weighted by atomic mass is 9.78. The Bertz CT molecular complexity index is 663. The van der Waals surface area contributed by atoms with Crippen LogP contribution in [0.3, 0.4) is 0 Å². The van der Waals surface area contributed by atoms with E-state index in [1.54, 1.807) is 24.3 Å². The first kappa shape index (κ1) is 18.6. The van der Waals surface area contributed by atoms with Gasteiger partial charge in [-0.3, -0.25) is 19.3 Å². The molecule has 2 aliphatic rings. The van der Waals surface area contributed by atoms with Crippen LogP contribution >= 0.6 is 0 Å². The number of nitrogens with zero attached hydrogens (tertiary/aromatic N) is 1. The number of carbonyl (C=O) groups is 3. The number of carbonyl (C=O) groups excluding carboxylic acids is 3. The molecule has 1 N–H and O–H groups in total. The third-order valence-electron chi connectivity index (χ3n) is 5.56. The standard InChI is InChI=1S/C21H28N2O3/c1-14(2)11-12-22-19(24)16-8-4-3-7-15(16)13-23-20(25)17-9-5-6-10-18(17)21(23)26/h5-6,9-10,14-16H,3-4,7-8,11-13H2,1-2H3,(H,22,24). The van der Waals surface area contributed by atoms with Crippen LogP contribution in [0.25, 0.3) is 0 Å². The van der Waals surface area contributed by atoms with Gasteiger partial charge < -0.3 is 5.32 Å². The second kappa shape index (κ2) is 8.02. The van der Waals surface area contributed by atoms with Crippen molar-refractivity contribution in [1.29, 1.82) is 0 Å². The molecule has 1 heterocycles. The van der Waals surface area contributed by atoms with Crippen molar-refractivity contribution in [1.82, 2.24) is 10.2 Å². The molecule has 1 aromatic carbocycles. The SMILES string of the molecule is CC(C)CCNC(=O)C1CCCCC1CN1C(=O)c2ccccc2C1=O. The zero-order valence-corrected chi connectivity index (χ0v) is 15.7. The summed E-state index contributed by atoms with van der Waals surface area (Å²) in [6.07, 6.45) is 4.75. The van der Waals surface area contributed by atoms with Crippen molar-refractivity contribution in [3.05, 3.63) is 35.4 Å². The van der Waals surface area contributed by atoms with Crippen molar-refractivity contribution in [2.24, 2.45) is 17.8 Å². The number of benzene rings is 1. The fourth-order valence-corrected chi connectivity index (χ4v) is 4.03. The lowest BCUT2D eigenvalue weighted by molar-refractivity contribution is -0.128. The number of hydrogen-bond acceptors (Lipinski definition) is 3. The minimum absolute atomic E-state index is 0.0463. The fraction of sp³-hybridized carbons (Fsp3) is 0.571. The second-order valence-electron chi connectivity index (χ2n) is 7.89. The summed E-state index contributed by atoms with van der Waals surface area (Å²) in [7, 11) is 0. The molecule has 1 aliphatic heterocycles. The normalized spacial score (nSPS) is 22.7. The highest BCUT2D eigenvalue weighted by atomic mass is 16.2. The molecule has 0 spiro atoms. The van der Waals surface area contributed by atoms with E-state index in [-0.39, 0.29) is 29.6 Å². The molecule has 0 bridgehead atoms. The van der Waals surface area contributed by atoms with Gasteiger partial charge in [-0.05, 0) is 43.2 Å². The monoisotopic (exact) mass is 356 g/mol. The van der Waals surface area contributed by atoms with Gasteiger partial charge >= 0.3 is 0 Å². The Morgan fingerprint density at radius 2 is 1.73 bits per heavy atom. The number of amides is 3. The topological polar surface area (TPSA) is 66.5 Å². The van der Waals surface area contributed by atoms with E-state index in [2.05, 4.69) is 19.2 Å². The van der Waals surface area contributed by atoms with Crippen molar-refractivity contribution in [3.63, 3.8) is 0 Å². The molecule has 1 aliphatic carbocycles. The number of hydrogen-bond donors (Lipinski definition) is 1.